The third-order valence-corrected chi connectivity index (χ3v) is 2.72. The average Bonchev–Trinajstić information content (AvgIpc) is 2.12. The second kappa shape index (κ2) is 5.91. The first-order chi connectivity index (χ1) is 6.04. The molecular weight excluding hydrogens is 191 g/mol. The van der Waals surface area contributed by atoms with E-state index in [2.05, 4.69) is 14.1 Å². The molecule has 5 nitrogen and oxygen atoms in total. The van der Waals surface area contributed by atoms with Crippen LogP contribution in [0.3, 0.4) is 0 Å². The highest BCUT2D eigenvalue weighted by molar-refractivity contribution is 7.57. The van der Waals surface area contributed by atoms with Gasteiger partial charge in [0.2, 0.25) is 0 Å². The van der Waals surface area contributed by atoms with Crippen LogP contribution >= 0.6 is 7.60 Å². The van der Waals surface area contributed by atoms with Crippen LogP contribution < -0.4 is 0 Å². The van der Waals surface area contributed by atoms with Crippen LogP contribution in [0.5, 0.6) is 0 Å². The van der Waals surface area contributed by atoms with Gasteiger partial charge in [0.1, 0.15) is 0 Å². The van der Waals surface area contributed by atoms with Crippen LogP contribution in [0.15, 0.2) is 17.0 Å². The number of hydrazone groups is 1. The van der Waals surface area contributed by atoms with Gasteiger partial charge in [-0.05, 0) is 6.08 Å². The molecule has 0 radical (unpaired) electrons. The van der Waals surface area contributed by atoms with Crippen molar-refractivity contribution < 1.29 is 13.6 Å². The minimum absolute atomic E-state index is 1.33. The molecule has 0 aliphatic rings. The van der Waals surface area contributed by atoms with Crippen molar-refractivity contribution in [1.29, 1.82) is 0 Å². The molecule has 0 aromatic rings. The van der Waals surface area contributed by atoms with Gasteiger partial charge >= 0.3 is 7.60 Å². The fourth-order valence-electron chi connectivity index (χ4n) is 0.512. The van der Waals surface area contributed by atoms with E-state index < -0.39 is 7.60 Å². The normalized spacial score (nSPS) is 12.9. The van der Waals surface area contributed by atoms with Gasteiger partial charge in [-0.2, -0.15) is 5.10 Å². The van der Waals surface area contributed by atoms with Crippen molar-refractivity contribution >= 4 is 13.8 Å². The molecule has 0 aromatic heterocycles. The lowest BCUT2D eigenvalue weighted by molar-refractivity contribution is 0.286. The Morgan fingerprint density at radius 3 is 2.23 bits per heavy atom. The summed E-state index contributed by atoms with van der Waals surface area (Å²) in [6.45, 7) is 0. The highest BCUT2D eigenvalue weighted by Crippen LogP contribution is 2.47. The summed E-state index contributed by atoms with van der Waals surface area (Å²) in [4.78, 5) is 0. The van der Waals surface area contributed by atoms with E-state index in [1.54, 1.807) is 19.1 Å². The molecule has 13 heavy (non-hydrogen) atoms. The topological polar surface area (TPSA) is 51.1 Å². The van der Waals surface area contributed by atoms with Crippen molar-refractivity contribution in [3.63, 3.8) is 0 Å². The first-order valence-corrected chi connectivity index (χ1v) is 5.25. The molecule has 0 aliphatic carbocycles. The highest BCUT2D eigenvalue weighted by atomic mass is 31.2. The van der Waals surface area contributed by atoms with E-state index in [0.717, 1.165) is 0 Å². The van der Waals surface area contributed by atoms with Crippen molar-refractivity contribution in [1.82, 2.24) is 5.01 Å². The molecule has 0 spiro atoms. The van der Waals surface area contributed by atoms with Gasteiger partial charge in [-0.15, -0.1) is 0 Å². The molecule has 0 atom stereocenters. The van der Waals surface area contributed by atoms with Gasteiger partial charge in [-0.3, -0.25) is 4.57 Å². The molecule has 0 aromatic carbocycles. The second-order valence-electron chi connectivity index (χ2n) is 2.36. The minimum atomic E-state index is -3.03. The lowest BCUT2D eigenvalue weighted by Gasteiger charge is -2.07. The minimum Gasteiger partial charge on any atom is -0.309 e. The maximum Gasteiger partial charge on any atom is 0.353 e. The van der Waals surface area contributed by atoms with Gasteiger partial charge in [0, 0.05) is 40.3 Å². The number of rotatable bonds is 5. The van der Waals surface area contributed by atoms with Crippen LogP contribution in [0.4, 0.5) is 0 Å². The fraction of sp³-hybridized carbons (Fsp3) is 0.571. The summed E-state index contributed by atoms with van der Waals surface area (Å²) in [5, 5.41) is 5.51. The smallest absolute Gasteiger partial charge is 0.309 e. The largest absolute Gasteiger partial charge is 0.353 e. The lowest BCUT2D eigenvalue weighted by Crippen LogP contribution is -2.00. The van der Waals surface area contributed by atoms with Crippen LogP contribution in [0.2, 0.25) is 0 Å². The van der Waals surface area contributed by atoms with E-state index >= 15 is 0 Å². The Morgan fingerprint density at radius 2 is 1.85 bits per heavy atom. The van der Waals surface area contributed by atoms with Gasteiger partial charge in [-0.25, -0.2) is 0 Å². The summed E-state index contributed by atoms with van der Waals surface area (Å²) in [7, 11) is 3.21. The zero-order chi connectivity index (χ0) is 10.3. The van der Waals surface area contributed by atoms with E-state index in [1.165, 1.54) is 32.3 Å². The number of hydrogen-bond donors (Lipinski definition) is 0. The summed E-state index contributed by atoms with van der Waals surface area (Å²) >= 11 is 0. The van der Waals surface area contributed by atoms with Crippen molar-refractivity contribution in [2.24, 2.45) is 5.10 Å². The Bertz CT molecular complexity index is 230. The summed E-state index contributed by atoms with van der Waals surface area (Å²) < 4.78 is 20.7. The van der Waals surface area contributed by atoms with E-state index in [4.69, 9.17) is 0 Å². The molecule has 0 unspecified atom stereocenters. The maximum atomic E-state index is 11.4. The molecule has 0 rings (SSSR count). The molecule has 6 heteroatoms. The molecule has 0 bridgehead atoms. The first kappa shape index (κ1) is 12.4. The van der Waals surface area contributed by atoms with Crippen LogP contribution in [0.1, 0.15) is 0 Å². The van der Waals surface area contributed by atoms with Gasteiger partial charge in [0.05, 0.1) is 0 Å². The van der Waals surface area contributed by atoms with E-state index in [0.29, 0.717) is 0 Å². The first-order valence-electron chi connectivity index (χ1n) is 3.64. The fourth-order valence-corrected chi connectivity index (χ4v) is 1.19. The SMILES string of the molecule is COP(=O)(/C=C/C=N/N(C)C)OC. The maximum absolute atomic E-state index is 11.4. The molecule has 0 aliphatic heterocycles. The van der Waals surface area contributed by atoms with Crippen LogP contribution in [-0.4, -0.2) is 39.5 Å². The number of hydrogen-bond acceptors (Lipinski definition) is 5. The molecule has 0 amide bonds. The Labute approximate surface area is 78.6 Å². The Hall–Kier alpha value is -0.640. The molecule has 76 valence electrons. The summed E-state index contributed by atoms with van der Waals surface area (Å²) in [6.07, 6.45) is 3.03. The van der Waals surface area contributed by atoms with E-state index in [1.807, 2.05) is 0 Å². The summed E-state index contributed by atoms with van der Waals surface area (Å²) in [5.74, 6) is 1.35. The van der Waals surface area contributed by atoms with Crippen molar-refractivity contribution in [2.75, 3.05) is 28.3 Å². The van der Waals surface area contributed by atoms with Gasteiger partial charge in [0.15, 0.2) is 0 Å². The quantitative estimate of drug-likeness (QED) is 0.389. The predicted molar refractivity (Wildman–Crippen MR) is 52.9 cm³/mol. The molecule has 0 saturated heterocycles. The Morgan fingerprint density at radius 1 is 1.31 bits per heavy atom. The average molecular weight is 206 g/mol. The van der Waals surface area contributed by atoms with Crippen LogP contribution in [0, 0.1) is 0 Å². The summed E-state index contributed by atoms with van der Waals surface area (Å²) in [5.41, 5.74) is 0. The molecule has 0 N–H and O–H groups in total. The van der Waals surface area contributed by atoms with Crippen LogP contribution in [0.25, 0.3) is 0 Å². The van der Waals surface area contributed by atoms with E-state index in [-0.39, 0.29) is 0 Å². The Kier molecular flexibility index (Phi) is 5.62. The Balaban J connectivity index is 4.17. The van der Waals surface area contributed by atoms with Gasteiger partial charge in [0.25, 0.3) is 0 Å². The van der Waals surface area contributed by atoms with Gasteiger partial charge in [-0.1, -0.05) is 0 Å². The predicted octanol–water partition coefficient (Wildman–Crippen LogP) is 1.53. The van der Waals surface area contributed by atoms with Gasteiger partial charge < -0.3 is 14.1 Å². The standard InChI is InChI=1S/C7H15N2O3P/c1-9(2)8-6-5-7-13(10,11-3)12-4/h5-7H,1-4H3/b7-5+,8-6+. The lowest BCUT2D eigenvalue weighted by atomic mass is 10.7. The molecular formula is C7H15N2O3P. The number of allylic oxidation sites excluding steroid dienone is 1. The van der Waals surface area contributed by atoms with Crippen molar-refractivity contribution in [3.8, 4) is 0 Å². The van der Waals surface area contributed by atoms with E-state index in [9.17, 15) is 4.57 Å². The third-order valence-electron chi connectivity index (χ3n) is 1.16. The summed E-state index contributed by atoms with van der Waals surface area (Å²) in [6, 6.07) is 0. The monoisotopic (exact) mass is 206 g/mol. The third kappa shape index (κ3) is 5.58. The molecule has 0 heterocycles. The highest BCUT2D eigenvalue weighted by Gasteiger charge is 2.14. The number of nitrogens with zero attached hydrogens (tertiary/aromatic N) is 2. The zero-order valence-corrected chi connectivity index (χ0v) is 9.19. The van der Waals surface area contributed by atoms with Crippen LogP contribution in [-0.2, 0) is 13.6 Å². The van der Waals surface area contributed by atoms with Crippen molar-refractivity contribution in [2.45, 2.75) is 0 Å². The van der Waals surface area contributed by atoms with Crippen molar-refractivity contribution in [3.05, 3.63) is 11.9 Å². The molecule has 0 saturated carbocycles. The molecule has 0 fully saturated rings. The second-order valence-corrected chi connectivity index (χ2v) is 4.47. The zero-order valence-electron chi connectivity index (χ0n) is 8.30.